The van der Waals surface area contributed by atoms with Gasteiger partial charge in [0.2, 0.25) is 0 Å². The highest BCUT2D eigenvalue weighted by molar-refractivity contribution is 8.21. The molecule has 2 N–H and O–H groups in total. The Bertz CT molecular complexity index is 1380. The van der Waals surface area contributed by atoms with Crippen molar-refractivity contribution in [2.75, 3.05) is 11.5 Å². The average molecular weight is 603 g/mol. The van der Waals surface area contributed by atoms with Crippen molar-refractivity contribution >= 4 is 23.5 Å². The molecule has 0 aromatic heterocycles. The molecule has 1 saturated heterocycles. The number of phenolic OH excluding ortho intramolecular Hbond substituents is 2. The van der Waals surface area contributed by atoms with E-state index in [1.807, 2.05) is 24.3 Å². The summed E-state index contributed by atoms with van der Waals surface area (Å²) in [5.74, 6) is 5.05. The summed E-state index contributed by atoms with van der Waals surface area (Å²) < 4.78 is 0.558. The molecule has 2 aromatic rings. The van der Waals surface area contributed by atoms with Gasteiger partial charge in [0.15, 0.2) is 0 Å². The van der Waals surface area contributed by atoms with Gasteiger partial charge in [0.25, 0.3) is 0 Å². The van der Waals surface area contributed by atoms with E-state index in [4.69, 9.17) is 0 Å². The Hall–Kier alpha value is -1.26. The van der Waals surface area contributed by atoms with Crippen LogP contribution in [0.25, 0.3) is 0 Å². The van der Waals surface area contributed by atoms with Crippen molar-refractivity contribution in [3.8, 4) is 11.5 Å². The maximum Gasteiger partial charge on any atom is 0.115 e. The first-order chi connectivity index (χ1) is 20.2. The molecule has 3 spiro atoms. The van der Waals surface area contributed by atoms with Crippen LogP contribution < -0.4 is 0 Å². The second-order valence-corrected chi connectivity index (χ2v) is 19.2. The highest BCUT2D eigenvalue weighted by Crippen LogP contribution is 2.75. The highest BCUT2D eigenvalue weighted by atomic mass is 32.2. The number of benzene rings is 2. The molecule has 1 heterocycles. The van der Waals surface area contributed by atoms with Crippen LogP contribution in [-0.4, -0.2) is 25.8 Å². The van der Waals surface area contributed by atoms with Gasteiger partial charge >= 0.3 is 0 Å². The largest absolute Gasteiger partial charge is 0.508 e. The molecular formula is C38H50O2S2. The van der Waals surface area contributed by atoms with Crippen molar-refractivity contribution in [2.45, 2.75) is 126 Å². The molecule has 0 unspecified atom stereocenters. The van der Waals surface area contributed by atoms with Crippen molar-refractivity contribution in [1.29, 1.82) is 0 Å². The van der Waals surface area contributed by atoms with Crippen LogP contribution in [0.15, 0.2) is 36.4 Å². The molecule has 7 aliphatic rings. The first-order valence-corrected chi connectivity index (χ1v) is 19.1. The lowest BCUT2D eigenvalue weighted by Gasteiger charge is -2.64. The number of thioether (sulfide) groups is 2. The minimum atomic E-state index is 0.441. The topological polar surface area (TPSA) is 40.5 Å². The standard InChI is InChI=1S/C20H26OS2.C18H24O/c1-18-5-4-14-12-15(21)2-3-16(14)17(18)13-19(7-6-18)8-9-20(19)22-10-11-23-20;1-17-8-5-13-11-14(19)3-4-15(13)16(17)12-18(10-9-17)6-2-7-18/h2-3,12,17,21H,4-11,13H2,1H3;3-4,11,16,19H,2,5-10,12H2,1H3/t17-,18+,19+;16-,17+/m11/s1. The predicted molar refractivity (Wildman–Crippen MR) is 178 cm³/mol. The average Bonchev–Trinajstić information content (AvgIpc) is 3.49. The van der Waals surface area contributed by atoms with Crippen LogP contribution in [-0.2, 0) is 12.8 Å². The summed E-state index contributed by atoms with van der Waals surface area (Å²) >= 11 is 4.56. The zero-order chi connectivity index (χ0) is 28.8. The highest BCUT2D eigenvalue weighted by Gasteiger charge is 2.64. The van der Waals surface area contributed by atoms with E-state index in [0.717, 1.165) is 18.8 Å². The van der Waals surface area contributed by atoms with Crippen LogP contribution in [0.3, 0.4) is 0 Å². The number of aromatic hydroxyl groups is 2. The van der Waals surface area contributed by atoms with Gasteiger partial charge in [-0.25, -0.2) is 0 Å². The molecule has 5 atom stereocenters. The van der Waals surface area contributed by atoms with E-state index in [-0.39, 0.29) is 0 Å². The van der Waals surface area contributed by atoms with Crippen LogP contribution in [0.1, 0.15) is 131 Å². The Kier molecular flexibility index (Phi) is 6.63. The first kappa shape index (κ1) is 28.2. The summed E-state index contributed by atoms with van der Waals surface area (Å²) in [5, 5.41) is 19.6. The van der Waals surface area contributed by atoms with Crippen molar-refractivity contribution in [3.05, 3.63) is 58.7 Å². The molecular weight excluding hydrogens is 553 g/mol. The van der Waals surface area contributed by atoms with Crippen molar-refractivity contribution in [3.63, 3.8) is 0 Å². The third-order valence-corrected chi connectivity index (χ3v) is 18.1. The molecule has 226 valence electrons. The van der Waals surface area contributed by atoms with Gasteiger partial charge in [-0.1, -0.05) is 32.4 Å². The van der Waals surface area contributed by atoms with E-state index in [2.05, 4.69) is 49.5 Å². The third-order valence-electron chi connectivity index (χ3n) is 14.2. The van der Waals surface area contributed by atoms with Gasteiger partial charge < -0.3 is 10.2 Å². The van der Waals surface area contributed by atoms with E-state index in [9.17, 15) is 10.2 Å². The Morgan fingerprint density at radius 2 is 1.17 bits per heavy atom. The molecule has 0 bridgehead atoms. The van der Waals surface area contributed by atoms with Gasteiger partial charge in [0.1, 0.15) is 11.5 Å². The summed E-state index contributed by atoms with van der Waals surface area (Å²) in [6.07, 6.45) is 20.7. The maximum absolute atomic E-state index is 9.87. The van der Waals surface area contributed by atoms with E-state index in [1.165, 1.54) is 106 Å². The van der Waals surface area contributed by atoms with Crippen LogP contribution in [0.5, 0.6) is 11.5 Å². The van der Waals surface area contributed by atoms with Gasteiger partial charge in [-0.3, -0.25) is 0 Å². The van der Waals surface area contributed by atoms with Crippen molar-refractivity contribution in [1.82, 2.24) is 0 Å². The smallest absolute Gasteiger partial charge is 0.115 e. The fraction of sp³-hybridized carbons (Fsp3) is 0.684. The second-order valence-electron chi connectivity index (χ2n) is 16.2. The molecule has 4 heteroatoms. The summed E-state index contributed by atoms with van der Waals surface area (Å²) in [6.45, 7) is 5.06. The molecule has 5 fully saturated rings. The zero-order valence-corrected chi connectivity index (χ0v) is 27.5. The van der Waals surface area contributed by atoms with Gasteiger partial charge in [-0.2, -0.15) is 0 Å². The second kappa shape index (κ2) is 9.87. The van der Waals surface area contributed by atoms with Gasteiger partial charge in [-0.05, 0) is 170 Å². The van der Waals surface area contributed by atoms with E-state index < -0.39 is 0 Å². The van der Waals surface area contributed by atoms with E-state index in [0.29, 0.717) is 43.2 Å². The minimum Gasteiger partial charge on any atom is -0.508 e. The van der Waals surface area contributed by atoms with Crippen molar-refractivity contribution in [2.24, 2.45) is 21.7 Å². The molecule has 1 aliphatic heterocycles. The molecule has 2 nitrogen and oxygen atoms in total. The molecule has 4 saturated carbocycles. The third kappa shape index (κ3) is 4.27. The number of hydrogen-bond acceptors (Lipinski definition) is 4. The summed E-state index contributed by atoms with van der Waals surface area (Å²) in [6, 6.07) is 12.3. The van der Waals surface area contributed by atoms with E-state index in [1.54, 1.807) is 11.1 Å². The maximum atomic E-state index is 9.87. The Morgan fingerprint density at radius 1 is 0.619 bits per heavy atom. The van der Waals surface area contributed by atoms with Crippen molar-refractivity contribution < 1.29 is 10.2 Å². The Balaban J connectivity index is 0.000000129. The Morgan fingerprint density at radius 3 is 1.69 bits per heavy atom. The Labute approximate surface area is 262 Å². The van der Waals surface area contributed by atoms with Gasteiger partial charge in [0.05, 0.1) is 4.08 Å². The lowest BCUT2D eigenvalue weighted by molar-refractivity contribution is -0.00886. The lowest BCUT2D eigenvalue weighted by atomic mass is 9.48. The molecule has 0 amide bonds. The fourth-order valence-electron chi connectivity index (χ4n) is 10.9. The molecule has 2 aromatic carbocycles. The SMILES string of the molecule is C[C@@]12CCc3cc(O)ccc3[C@H]1CC1(CCC1)CC2.C[C@@]12CCc3cc(O)ccc3[C@H]1C[C@@]1(CCC13SCCS3)CC2. The quantitative estimate of drug-likeness (QED) is 0.315. The summed E-state index contributed by atoms with van der Waals surface area (Å²) in [7, 11) is 0. The van der Waals surface area contributed by atoms with Crippen LogP contribution in [0.4, 0.5) is 0 Å². The summed E-state index contributed by atoms with van der Waals surface area (Å²) in [5.41, 5.74) is 8.24. The fourth-order valence-corrected chi connectivity index (χ4v) is 14.8. The number of hydrogen-bond donors (Lipinski definition) is 2. The number of rotatable bonds is 0. The minimum absolute atomic E-state index is 0.441. The lowest BCUT2D eigenvalue weighted by Crippen LogP contribution is -2.56. The molecule has 9 rings (SSSR count). The van der Waals surface area contributed by atoms with Gasteiger partial charge in [0, 0.05) is 11.5 Å². The molecule has 42 heavy (non-hydrogen) atoms. The van der Waals surface area contributed by atoms with Gasteiger partial charge in [-0.15, -0.1) is 23.5 Å². The normalized spacial score (nSPS) is 38.2. The summed E-state index contributed by atoms with van der Waals surface area (Å²) in [4.78, 5) is 0. The van der Waals surface area contributed by atoms with Crippen LogP contribution in [0.2, 0.25) is 0 Å². The molecule has 0 radical (unpaired) electrons. The predicted octanol–water partition coefficient (Wildman–Crippen LogP) is 10.4. The number of phenols is 2. The first-order valence-electron chi connectivity index (χ1n) is 17.1. The monoisotopic (exact) mass is 602 g/mol. The number of fused-ring (bicyclic) bond motifs is 7. The van der Waals surface area contributed by atoms with E-state index >= 15 is 0 Å². The van der Waals surface area contributed by atoms with Crippen LogP contribution >= 0.6 is 23.5 Å². The molecule has 6 aliphatic carbocycles. The van der Waals surface area contributed by atoms with Crippen LogP contribution in [0, 0.1) is 21.7 Å². The number of aryl methyl sites for hydroxylation is 2. The zero-order valence-electron chi connectivity index (χ0n) is 25.9.